The maximum atomic E-state index is 2.32. The molecule has 172 valence electrons. The highest BCUT2D eigenvalue weighted by Gasteiger charge is 2.13. The van der Waals surface area contributed by atoms with E-state index in [1.807, 2.05) is 0 Å². The van der Waals surface area contributed by atoms with Crippen molar-refractivity contribution in [2.24, 2.45) is 0 Å². The molecule has 0 N–H and O–H groups in total. The smallest absolute Gasteiger partial charge is 0.0462 e. The lowest BCUT2D eigenvalue weighted by Crippen LogP contribution is -2.09. The summed E-state index contributed by atoms with van der Waals surface area (Å²) in [6.07, 6.45) is 0. The van der Waals surface area contributed by atoms with Crippen LogP contribution in [0, 0.1) is 6.92 Å². The molecule has 0 aliphatic rings. The first kappa shape index (κ1) is 21.9. The predicted octanol–water partition coefficient (Wildman–Crippen LogP) is 9.95. The number of rotatable bonds is 5. The summed E-state index contributed by atoms with van der Waals surface area (Å²) in [6, 6.07) is 52.1. The molecule has 6 rings (SSSR count). The van der Waals surface area contributed by atoms with Crippen LogP contribution in [0.25, 0.3) is 33.0 Å². The largest absolute Gasteiger partial charge is 0.311 e. The first-order valence-electron chi connectivity index (χ1n) is 12.4. The SMILES string of the molecule is Cc1ccc(N(c2ccc(-c3ccccc3)cc2)c2ccc(-c3ccc4ccccc4c3)cc2)cc1. The molecule has 0 saturated heterocycles. The van der Waals surface area contributed by atoms with Crippen LogP contribution in [0.15, 0.2) is 146 Å². The monoisotopic (exact) mass is 461 g/mol. The van der Waals surface area contributed by atoms with Gasteiger partial charge in [0.1, 0.15) is 0 Å². The molecule has 0 spiro atoms. The molecule has 0 aliphatic carbocycles. The van der Waals surface area contributed by atoms with E-state index < -0.39 is 0 Å². The number of nitrogens with zero attached hydrogens (tertiary/aromatic N) is 1. The number of fused-ring (bicyclic) bond motifs is 1. The summed E-state index contributed by atoms with van der Waals surface area (Å²) in [7, 11) is 0. The van der Waals surface area contributed by atoms with Crippen LogP contribution in [0.4, 0.5) is 17.1 Å². The molecule has 0 fully saturated rings. The van der Waals surface area contributed by atoms with Gasteiger partial charge in [0.15, 0.2) is 0 Å². The molecule has 6 aromatic carbocycles. The van der Waals surface area contributed by atoms with E-state index in [1.165, 1.54) is 38.6 Å². The minimum Gasteiger partial charge on any atom is -0.311 e. The molecular weight excluding hydrogens is 434 g/mol. The van der Waals surface area contributed by atoms with Crippen LogP contribution < -0.4 is 4.90 Å². The van der Waals surface area contributed by atoms with Gasteiger partial charge in [-0.25, -0.2) is 0 Å². The second-order valence-corrected chi connectivity index (χ2v) is 9.19. The average molecular weight is 462 g/mol. The van der Waals surface area contributed by atoms with Crippen LogP contribution in [0.5, 0.6) is 0 Å². The van der Waals surface area contributed by atoms with Gasteiger partial charge in [0.25, 0.3) is 0 Å². The second-order valence-electron chi connectivity index (χ2n) is 9.19. The van der Waals surface area contributed by atoms with Crippen LogP contribution in [0.3, 0.4) is 0 Å². The van der Waals surface area contributed by atoms with Gasteiger partial charge in [-0.2, -0.15) is 0 Å². The lowest BCUT2D eigenvalue weighted by Gasteiger charge is -2.26. The molecular formula is C35H27N. The molecule has 0 bridgehead atoms. The summed E-state index contributed by atoms with van der Waals surface area (Å²) in [5, 5.41) is 2.53. The molecule has 0 atom stereocenters. The maximum absolute atomic E-state index is 2.32. The van der Waals surface area contributed by atoms with Gasteiger partial charge in [0.2, 0.25) is 0 Å². The van der Waals surface area contributed by atoms with E-state index in [4.69, 9.17) is 0 Å². The van der Waals surface area contributed by atoms with Crippen molar-refractivity contribution in [1.29, 1.82) is 0 Å². The van der Waals surface area contributed by atoms with Crippen LogP contribution in [-0.4, -0.2) is 0 Å². The molecule has 6 aromatic rings. The zero-order valence-corrected chi connectivity index (χ0v) is 20.3. The fraction of sp³-hybridized carbons (Fsp3) is 0.0286. The summed E-state index contributed by atoms with van der Waals surface area (Å²) in [6.45, 7) is 2.13. The highest BCUT2D eigenvalue weighted by molar-refractivity contribution is 5.88. The maximum Gasteiger partial charge on any atom is 0.0462 e. The van der Waals surface area contributed by atoms with Crippen molar-refractivity contribution in [3.05, 3.63) is 151 Å². The number of hydrogen-bond donors (Lipinski definition) is 0. The highest BCUT2D eigenvalue weighted by Crippen LogP contribution is 2.37. The van der Waals surface area contributed by atoms with Crippen LogP contribution in [-0.2, 0) is 0 Å². The van der Waals surface area contributed by atoms with E-state index in [0.717, 1.165) is 17.1 Å². The van der Waals surface area contributed by atoms with Crippen molar-refractivity contribution < 1.29 is 0 Å². The Labute approximate surface area is 212 Å². The standard InChI is InChI=1S/C35H27N/c1-26-11-19-33(20-12-26)36(34-21-15-29(16-22-34)27-7-3-2-4-8-27)35-23-17-30(18-24-35)32-14-13-28-9-5-6-10-31(28)25-32/h2-25H,1H3. The van der Waals surface area contributed by atoms with E-state index in [1.54, 1.807) is 0 Å². The molecule has 0 aliphatic heterocycles. The van der Waals surface area contributed by atoms with Crippen molar-refractivity contribution in [3.8, 4) is 22.3 Å². The normalized spacial score (nSPS) is 10.9. The van der Waals surface area contributed by atoms with Crippen molar-refractivity contribution >= 4 is 27.8 Å². The summed E-state index contributed by atoms with van der Waals surface area (Å²) in [5.74, 6) is 0. The lowest BCUT2D eigenvalue weighted by atomic mass is 10.0. The van der Waals surface area contributed by atoms with E-state index in [0.29, 0.717) is 0 Å². The quantitative estimate of drug-likeness (QED) is 0.247. The zero-order valence-electron chi connectivity index (χ0n) is 20.3. The molecule has 1 heteroatoms. The highest BCUT2D eigenvalue weighted by atomic mass is 15.1. The molecule has 1 nitrogen and oxygen atoms in total. The number of hydrogen-bond acceptors (Lipinski definition) is 1. The first-order chi connectivity index (χ1) is 17.7. The van der Waals surface area contributed by atoms with Crippen molar-refractivity contribution in [3.63, 3.8) is 0 Å². The Bertz CT molecular complexity index is 1600. The number of aryl methyl sites for hydroxylation is 1. The van der Waals surface area contributed by atoms with Gasteiger partial charge in [-0.1, -0.05) is 109 Å². The Morgan fingerprint density at radius 1 is 0.361 bits per heavy atom. The third-order valence-electron chi connectivity index (χ3n) is 6.73. The van der Waals surface area contributed by atoms with Gasteiger partial charge in [0.05, 0.1) is 0 Å². The van der Waals surface area contributed by atoms with Gasteiger partial charge in [0, 0.05) is 17.1 Å². The third kappa shape index (κ3) is 4.39. The van der Waals surface area contributed by atoms with E-state index in [2.05, 4.69) is 157 Å². The Kier molecular flexibility index (Phi) is 5.81. The fourth-order valence-corrected chi connectivity index (χ4v) is 4.75. The second kappa shape index (κ2) is 9.56. The molecule has 0 aromatic heterocycles. The first-order valence-corrected chi connectivity index (χ1v) is 12.4. The summed E-state index contributed by atoms with van der Waals surface area (Å²) >= 11 is 0. The van der Waals surface area contributed by atoms with E-state index in [-0.39, 0.29) is 0 Å². The molecule has 0 amide bonds. The van der Waals surface area contributed by atoms with Crippen LogP contribution >= 0.6 is 0 Å². The van der Waals surface area contributed by atoms with Crippen molar-refractivity contribution in [2.75, 3.05) is 4.90 Å². The van der Waals surface area contributed by atoms with Gasteiger partial charge < -0.3 is 4.90 Å². The van der Waals surface area contributed by atoms with E-state index in [9.17, 15) is 0 Å². The topological polar surface area (TPSA) is 3.24 Å². The lowest BCUT2D eigenvalue weighted by molar-refractivity contribution is 1.27. The van der Waals surface area contributed by atoms with Crippen LogP contribution in [0.2, 0.25) is 0 Å². The van der Waals surface area contributed by atoms with Crippen molar-refractivity contribution in [2.45, 2.75) is 6.92 Å². The fourth-order valence-electron chi connectivity index (χ4n) is 4.75. The summed E-state index contributed by atoms with van der Waals surface area (Å²) < 4.78 is 0. The third-order valence-corrected chi connectivity index (χ3v) is 6.73. The Morgan fingerprint density at radius 2 is 0.806 bits per heavy atom. The zero-order chi connectivity index (χ0) is 24.3. The average Bonchev–Trinajstić information content (AvgIpc) is 2.95. The Balaban J connectivity index is 1.37. The minimum absolute atomic E-state index is 1.14. The summed E-state index contributed by atoms with van der Waals surface area (Å²) in [4.78, 5) is 2.32. The molecule has 0 saturated carbocycles. The Morgan fingerprint density at radius 3 is 1.42 bits per heavy atom. The molecule has 0 unspecified atom stereocenters. The molecule has 36 heavy (non-hydrogen) atoms. The van der Waals surface area contributed by atoms with Gasteiger partial charge in [-0.15, -0.1) is 0 Å². The molecule has 0 heterocycles. The van der Waals surface area contributed by atoms with Crippen LogP contribution in [0.1, 0.15) is 5.56 Å². The molecule has 0 radical (unpaired) electrons. The Hall–Kier alpha value is -4.62. The number of benzene rings is 6. The minimum atomic E-state index is 1.14. The number of anilines is 3. The predicted molar refractivity (Wildman–Crippen MR) is 154 cm³/mol. The van der Waals surface area contributed by atoms with Crippen molar-refractivity contribution in [1.82, 2.24) is 0 Å². The van der Waals surface area contributed by atoms with E-state index >= 15 is 0 Å². The van der Waals surface area contributed by atoms with Gasteiger partial charge in [-0.05, 0) is 82.4 Å². The van der Waals surface area contributed by atoms with Gasteiger partial charge in [-0.3, -0.25) is 0 Å². The van der Waals surface area contributed by atoms with Gasteiger partial charge >= 0.3 is 0 Å². The summed E-state index contributed by atoms with van der Waals surface area (Å²) in [5.41, 5.74) is 9.56.